The zero-order valence-electron chi connectivity index (χ0n) is 12.0. The van der Waals surface area contributed by atoms with Gasteiger partial charge in [0.05, 0.1) is 6.10 Å². The molecule has 0 amide bonds. The molecule has 1 aromatic heterocycles. The molecule has 0 spiro atoms. The molecule has 1 saturated heterocycles. The predicted molar refractivity (Wildman–Crippen MR) is 78.3 cm³/mol. The fourth-order valence-electron chi connectivity index (χ4n) is 2.30. The number of hydrogen-bond donors (Lipinski definition) is 1. The normalized spacial score (nSPS) is 25.3. The first-order valence-electron chi connectivity index (χ1n) is 6.89. The van der Waals surface area contributed by atoms with Gasteiger partial charge in [-0.2, -0.15) is 0 Å². The van der Waals surface area contributed by atoms with Crippen LogP contribution < -0.4 is 5.32 Å². The Morgan fingerprint density at radius 1 is 1.39 bits per heavy atom. The molecule has 0 aromatic carbocycles. The van der Waals surface area contributed by atoms with Crippen molar-refractivity contribution in [3.8, 4) is 0 Å². The highest BCUT2D eigenvalue weighted by atomic mass is 32.1. The molecular weight excluding hydrogens is 242 g/mol. The van der Waals surface area contributed by atoms with Gasteiger partial charge < -0.3 is 10.1 Å². The standard InChI is InChI=1S/C15H25NOS/c1-11-9-12(7-8-17-11)16-10-13-5-6-14(18-13)15(2,3)4/h5-6,11-12,16H,7-10H2,1-4H3. The average Bonchev–Trinajstić information content (AvgIpc) is 2.74. The second-order valence-electron chi connectivity index (χ2n) is 6.30. The maximum absolute atomic E-state index is 5.57. The molecule has 2 atom stereocenters. The minimum Gasteiger partial charge on any atom is -0.378 e. The smallest absolute Gasteiger partial charge is 0.0561 e. The van der Waals surface area contributed by atoms with E-state index in [-0.39, 0.29) is 5.41 Å². The van der Waals surface area contributed by atoms with E-state index in [2.05, 4.69) is 45.1 Å². The molecule has 2 rings (SSSR count). The Morgan fingerprint density at radius 3 is 2.78 bits per heavy atom. The first-order valence-corrected chi connectivity index (χ1v) is 7.71. The molecule has 0 bridgehead atoms. The van der Waals surface area contributed by atoms with Crippen molar-refractivity contribution in [3.63, 3.8) is 0 Å². The Balaban J connectivity index is 1.85. The monoisotopic (exact) mass is 267 g/mol. The van der Waals surface area contributed by atoms with Crippen LogP contribution in [0.2, 0.25) is 0 Å². The zero-order chi connectivity index (χ0) is 13.2. The Labute approximate surface area is 115 Å². The number of nitrogens with one attached hydrogen (secondary N) is 1. The van der Waals surface area contributed by atoms with E-state index in [1.165, 1.54) is 9.75 Å². The van der Waals surface area contributed by atoms with Crippen molar-refractivity contribution < 1.29 is 4.74 Å². The first-order chi connectivity index (χ1) is 8.45. The second-order valence-corrected chi connectivity index (χ2v) is 7.47. The van der Waals surface area contributed by atoms with Crippen LogP contribution >= 0.6 is 11.3 Å². The lowest BCUT2D eigenvalue weighted by atomic mass is 9.95. The maximum atomic E-state index is 5.57. The van der Waals surface area contributed by atoms with E-state index in [0.717, 1.165) is 26.0 Å². The van der Waals surface area contributed by atoms with Crippen molar-refractivity contribution in [2.24, 2.45) is 0 Å². The predicted octanol–water partition coefficient (Wildman–Crippen LogP) is 3.70. The lowest BCUT2D eigenvalue weighted by molar-refractivity contribution is 0.0131. The minimum absolute atomic E-state index is 0.274. The van der Waals surface area contributed by atoms with Crippen molar-refractivity contribution >= 4 is 11.3 Å². The van der Waals surface area contributed by atoms with Crippen LogP contribution in [0.5, 0.6) is 0 Å². The quantitative estimate of drug-likeness (QED) is 0.901. The van der Waals surface area contributed by atoms with E-state index in [4.69, 9.17) is 4.74 Å². The fourth-order valence-corrected chi connectivity index (χ4v) is 3.32. The van der Waals surface area contributed by atoms with Gasteiger partial charge in [-0.25, -0.2) is 0 Å². The molecule has 102 valence electrons. The summed E-state index contributed by atoms with van der Waals surface area (Å²) >= 11 is 1.94. The Hall–Kier alpha value is -0.380. The van der Waals surface area contributed by atoms with E-state index in [0.29, 0.717) is 12.1 Å². The van der Waals surface area contributed by atoms with Crippen LogP contribution in [0, 0.1) is 0 Å². The van der Waals surface area contributed by atoms with Crippen molar-refractivity contribution in [2.75, 3.05) is 6.61 Å². The number of ether oxygens (including phenoxy) is 1. The summed E-state index contributed by atoms with van der Waals surface area (Å²) < 4.78 is 5.57. The van der Waals surface area contributed by atoms with Gasteiger partial charge in [-0.05, 0) is 37.3 Å². The van der Waals surface area contributed by atoms with Crippen LogP contribution in [0.25, 0.3) is 0 Å². The van der Waals surface area contributed by atoms with Crippen molar-refractivity contribution in [1.29, 1.82) is 0 Å². The second kappa shape index (κ2) is 5.72. The molecule has 2 unspecified atom stereocenters. The highest BCUT2D eigenvalue weighted by Crippen LogP contribution is 2.29. The lowest BCUT2D eigenvalue weighted by Crippen LogP contribution is -2.37. The molecule has 1 N–H and O–H groups in total. The maximum Gasteiger partial charge on any atom is 0.0561 e. The molecule has 0 saturated carbocycles. The number of hydrogen-bond acceptors (Lipinski definition) is 3. The summed E-state index contributed by atoms with van der Waals surface area (Å²) in [7, 11) is 0. The molecule has 1 aliphatic rings. The summed E-state index contributed by atoms with van der Waals surface area (Å²) in [4.78, 5) is 2.92. The third-order valence-electron chi connectivity index (χ3n) is 3.45. The van der Waals surface area contributed by atoms with Gasteiger partial charge in [0.15, 0.2) is 0 Å². The summed E-state index contributed by atoms with van der Waals surface area (Å²) in [6.45, 7) is 10.9. The van der Waals surface area contributed by atoms with Crippen LogP contribution in [0.1, 0.15) is 50.3 Å². The summed E-state index contributed by atoms with van der Waals surface area (Å²) in [5.41, 5.74) is 0.274. The van der Waals surface area contributed by atoms with Crippen molar-refractivity contribution in [1.82, 2.24) is 5.32 Å². The van der Waals surface area contributed by atoms with Crippen molar-refractivity contribution in [2.45, 2.75) is 64.6 Å². The van der Waals surface area contributed by atoms with Crippen molar-refractivity contribution in [3.05, 3.63) is 21.9 Å². The Morgan fingerprint density at radius 2 is 2.17 bits per heavy atom. The van der Waals surface area contributed by atoms with E-state index in [1.807, 2.05) is 11.3 Å². The summed E-state index contributed by atoms with van der Waals surface area (Å²) in [6.07, 6.45) is 2.68. The molecule has 1 aliphatic heterocycles. The van der Waals surface area contributed by atoms with E-state index in [1.54, 1.807) is 0 Å². The van der Waals surface area contributed by atoms with Gasteiger partial charge in [0.25, 0.3) is 0 Å². The summed E-state index contributed by atoms with van der Waals surface area (Å²) in [5.74, 6) is 0. The number of thiophene rings is 1. The molecule has 0 radical (unpaired) electrons. The topological polar surface area (TPSA) is 21.3 Å². The van der Waals surface area contributed by atoms with Gasteiger partial charge >= 0.3 is 0 Å². The minimum atomic E-state index is 0.274. The van der Waals surface area contributed by atoms with Crippen LogP contribution in [0.3, 0.4) is 0 Å². The van der Waals surface area contributed by atoms with Crippen LogP contribution in [-0.2, 0) is 16.7 Å². The Bertz CT molecular complexity index is 380. The van der Waals surface area contributed by atoms with Gasteiger partial charge in [-0.1, -0.05) is 20.8 Å². The lowest BCUT2D eigenvalue weighted by Gasteiger charge is -2.27. The van der Waals surface area contributed by atoms with Gasteiger partial charge in [0, 0.05) is 28.9 Å². The van der Waals surface area contributed by atoms with E-state index in [9.17, 15) is 0 Å². The molecule has 1 fully saturated rings. The van der Waals surface area contributed by atoms with Crippen LogP contribution in [0.4, 0.5) is 0 Å². The average molecular weight is 267 g/mol. The largest absolute Gasteiger partial charge is 0.378 e. The van der Waals surface area contributed by atoms with Gasteiger partial charge in [-0.15, -0.1) is 11.3 Å². The Kier molecular flexibility index (Phi) is 4.46. The number of rotatable bonds is 3. The van der Waals surface area contributed by atoms with Crippen LogP contribution in [0.15, 0.2) is 12.1 Å². The zero-order valence-corrected chi connectivity index (χ0v) is 12.8. The van der Waals surface area contributed by atoms with Crippen LogP contribution in [-0.4, -0.2) is 18.8 Å². The highest BCUT2D eigenvalue weighted by Gasteiger charge is 2.19. The summed E-state index contributed by atoms with van der Waals surface area (Å²) in [5, 5.41) is 3.66. The molecule has 2 nitrogen and oxygen atoms in total. The molecule has 1 aromatic rings. The van der Waals surface area contributed by atoms with E-state index >= 15 is 0 Å². The molecular formula is C15H25NOS. The highest BCUT2D eigenvalue weighted by molar-refractivity contribution is 7.12. The third kappa shape index (κ3) is 3.81. The SMILES string of the molecule is CC1CC(NCc2ccc(C(C)(C)C)s2)CCO1. The van der Waals surface area contributed by atoms with Gasteiger partial charge in [-0.3, -0.25) is 0 Å². The molecule has 3 heteroatoms. The van der Waals surface area contributed by atoms with Gasteiger partial charge in [0.1, 0.15) is 0 Å². The molecule has 2 heterocycles. The third-order valence-corrected chi connectivity index (χ3v) is 4.96. The van der Waals surface area contributed by atoms with Gasteiger partial charge in [0.2, 0.25) is 0 Å². The summed E-state index contributed by atoms with van der Waals surface area (Å²) in [6, 6.07) is 5.16. The molecule has 18 heavy (non-hydrogen) atoms. The first kappa shape index (κ1) is 14.0. The van der Waals surface area contributed by atoms with E-state index < -0.39 is 0 Å². The fraction of sp³-hybridized carbons (Fsp3) is 0.733. The molecule has 0 aliphatic carbocycles.